The van der Waals surface area contributed by atoms with E-state index in [1.165, 1.54) is 53.1 Å². The molecule has 0 N–H and O–H groups in total. The molecule has 8 aromatic rings. The van der Waals surface area contributed by atoms with Crippen molar-refractivity contribution in [3.63, 3.8) is 0 Å². The molecule has 37 heavy (non-hydrogen) atoms. The van der Waals surface area contributed by atoms with Crippen LogP contribution in [-0.4, -0.2) is 0 Å². The largest absolute Gasteiger partial charge is 0.456 e. The Bertz CT molecular complexity index is 2100. The molecular weight excluding hydrogens is 470 g/mol. The molecule has 0 aliphatic heterocycles. The van der Waals surface area contributed by atoms with Gasteiger partial charge in [0, 0.05) is 37.3 Å². The number of hydrogen-bond acceptors (Lipinski definition) is 3. The monoisotopic (exact) mass is 491 g/mol. The van der Waals surface area contributed by atoms with Crippen LogP contribution in [0.3, 0.4) is 0 Å². The van der Waals surface area contributed by atoms with E-state index in [4.69, 9.17) is 4.42 Å². The Morgan fingerprint density at radius 1 is 0.459 bits per heavy atom. The van der Waals surface area contributed by atoms with Gasteiger partial charge in [0.15, 0.2) is 0 Å². The van der Waals surface area contributed by atoms with Gasteiger partial charge in [-0.05, 0) is 47.9 Å². The molecule has 0 radical (unpaired) electrons. The smallest absolute Gasteiger partial charge is 0.136 e. The van der Waals surface area contributed by atoms with Gasteiger partial charge in [-0.15, -0.1) is 11.3 Å². The number of rotatable bonds is 3. The van der Waals surface area contributed by atoms with Crippen molar-refractivity contribution in [3.8, 4) is 0 Å². The van der Waals surface area contributed by atoms with Gasteiger partial charge in [0.2, 0.25) is 0 Å². The van der Waals surface area contributed by atoms with Gasteiger partial charge in [0.05, 0.1) is 16.1 Å². The van der Waals surface area contributed by atoms with Crippen LogP contribution in [0, 0.1) is 0 Å². The second-order valence-corrected chi connectivity index (χ2v) is 10.4. The summed E-state index contributed by atoms with van der Waals surface area (Å²) in [5, 5.41) is 7.38. The average molecular weight is 492 g/mol. The zero-order valence-corrected chi connectivity index (χ0v) is 20.7. The second-order valence-electron chi connectivity index (χ2n) is 9.34. The molecule has 0 fully saturated rings. The highest BCUT2D eigenvalue weighted by Gasteiger charge is 2.21. The highest BCUT2D eigenvalue weighted by atomic mass is 32.1. The number of anilines is 3. The van der Waals surface area contributed by atoms with Gasteiger partial charge in [-0.1, -0.05) is 84.9 Å². The molecule has 0 amide bonds. The van der Waals surface area contributed by atoms with Gasteiger partial charge in [0.1, 0.15) is 11.2 Å². The molecule has 2 nitrogen and oxygen atoms in total. The maximum absolute atomic E-state index is 6.22. The molecule has 0 atom stereocenters. The van der Waals surface area contributed by atoms with Gasteiger partial charge in [-0.2, -0.15) is 0 Å². The minimum atomic E-state index is 0.935. The number of benzene rings is 6. The van der Waals surface area contributed by atoms with Crippen molar-refractivity contribution < 1.29 is 4.42 Å². The Kier molecular flexibility index (Phi) is 4.42. The molecule has 6 aromatic carbocycles. The summed E-state index contributed by atoms with van der Waals surface area (Å²) >= 11 is 1.86. The normalized spacial score (nSPS) is 11.8. The minimum Gasteiger partial charge on any atom is -0.456 e. The van der Waals surface area contributed by atoms with Crippen LogP contribution in [0.5, 0.6) is 0 Å². The molecular formula is C34H21NOS. The fourth-order valence-corrected chi connectivity index (χ4v) is 6.97. The van der Waals surface area contributed by atoms with E-state index in [-0.39, 0.29) is 0 Å². The van der Waals surface area contributed by atoms with Crippen LogP contribution in [0.25, 0.3) is 52.9 Å². The predicted molar refractivity (Wildman–Crippen MR) is 159 cm³/mol. The van der Waals surface area contributed by atoms with Crippen molar-refractivity contribution in [3.05, 3.63) is 127 Å². The van der Waals surface area contributed by atoms with Crippen molar-refractivity contribution >= 4 is 81.3 Å². The fraction of sp³-hybridized carbons (Fsp3) is 0. The van der Waals surface area contributed by atoms with E-state index in [0.717, 1.165) is 16.9 Å². The summed E-state index contributed by atoms with van der Waals surface area (Å²) in [6, 6.07) is 45.2. The van der Waals surface area contributed by atoms with Crippen LogP contribution in [0.15, 0.2) is 132 Å². The average Bonchev–Trinajstić information content (AvgIpc) is 3.53. The number of hydrogen-bond donors (Lipinski definition) is 0. The third-order valence-electron chi connectivity index (χ3n) is 7.25. The van der Waals surface area contributed by atoms with Gasteiger partial charge < -0.3 is 9.32 Å². The molecule has 2 aromatic heterocycles. The maximum Gasteiger partial charge on any atom is 0.136 e. The van der Waals surface area contributed by atoms with Gasteiger partial charge in [-0.3, -0.25) is 0 Å². The van der Waals surface area contributed by atoms with E-state index < -0.39 is 0 Å². The van der Waals surface area contributed by atoms with Crippen molar-refractivity contribution in [1.29, 1.82) is 0 Å². The number of nitrogens with zero attached hydrogens (tertiary/aromatic N) is 1. The summed E-state index contributed by atoms with van der Waals surface area (Å²) in [6.45, 7) is 0. The number of fused-ring (bicyclic) bond motifs is 8. The summed E-state index contributed by atoms with van der Waals surface area (Å²) in [6.07, 6.45) is 0. The summed E-state index contributed by atoms with van der Waals surface area (Å²) in [5.74, 6) is 0. The van der Waals surface area contributed by atoms with E-state index in [1.54, 1.807) is 0 Å². The lowest BCUT2D eigenvalue weighted by atomic mass is 10.0. The van der Waals surface area contributed by atoms with Crippen LogP contribution < -0.4 is 4.90 Å². The Morgan fingerprint density at radius 2 is 1.14 bits per heavy atom. The zero-order chi connectivity index (χ0) is 24.3. The molecule has 174 valence electrons. The molecule has 3 heteroatoms. The number of thiophene rings is 1. The second kappa shape index (κ2) is 7.95. The molecule has 0 aliphatic carbocycles. The third kappa shape index (κ3) is 3.05. The van der Waals surface area contributed by atoms with Crippen LogP contribution >= 0.6 is 11.3 Å². The van der Waals surface area contributed by atoms with Crippen LogP contribution in [0.1, 0.15) is 0 Å². The summed E-state index contributed by atoms with van der Waals surface area (Å²) in [7, 11) is 0. The summed E-state index contributed by atoms with van der Waals surface area (Å²) < 4.78 is 8.76. The number of para-hydroxylation sites is 2. The predicted octanol–water partition coefficient (Wildman–Crippen LogP) is 10.6. The highest BCUT2D eigenvalue weighted by Crippen LogP contribution is 2.48. The standard InChI is InChI=1S/C34H21NOS/c1-2-12-23(13-3-1)35(28-17-8-11-22-10-4-5-14-24(22)28)29-18-9-16-25-26-20-21-31-32(34(26)37-33(25)29)27-15-6-7-19-30(27)36-31/h1-21H. The molecule has 0 saturated carbocycles. The summed E-state index contributed by atoms with van der Waals surface area (Å²) in [4.78, 5) is 2.41. The molecule has 0 spiro atoms. The SMILES string of the molecule is c1ccc(N(c2cccc3ccccc23)c2cccc3c2sc2c3ccc3oc4ccccc4c32)cc1. The molecule has 2 heterocycles. The molecule has 0 saturated heterocycles. The van der Waals surface area contributed by atoms with Crippen LogP contribution in [0.4, 0.5) is 17.1 Å². The first-order chi connectivity index (χ1) is 18.4. The van der Waals surface area contributed by atoms with E-state index in [2.05, 4.69) is 126 Å². The maximum atomic E-state index is 6.22. The van der Waals surface area contributed by atoms with Gasteiger partial charge in [0.25, 0.3) is 0 Å². The first-order valence-corrected chi connectivity index (χ1v) is 13.3. The van der Waals surface area contributed by atoms with Gasteiger partial charge in [-0.25, -0.2) is 0 Å². The third-order valence-corrected chi connectivity index (χ3v) is 8.51. The van der Waals surface area contributed by atoms with E-state index >= 15 is 0 Å². The van der Waals surface area contributed by atoms with Crippen molar-refractivity contribution in [2.24, 2.45) is 0 Å². The molecule has 8 rings (SSSR count). The Balaban J connectivity index is 1.48. The Labute approximate surface area is 217 Å². The Morgan fingerprint density at radius 3 is 2.05 bits per heavy atom. The quantitative estimate of drug-likeness (QED) is 0.244. The van der Waals surface area contributed by atoms with Gasteiger partial charge >= 0.3 is 0 Å². The minimum absolute atomic E-state index is 0.935. The lowest BCUT2D eigenvalue weighted by Crippen LogP contribution is -2.10. The molecule has 0 bridgehead atoms. The fourth-order valence-electron chi connectivity index (χ4n) is 5.61. The first-order valence-electron chi connectivity index (χ1n) is 12.5. The Hall–Kier alpha value is -4.60. The van der Waals surface area contributed by atoms with Crippen LogP contribution in [0.2, 0.25) is 0 Å². The lowest BCUT2D eigenvalue weighted by molar-refractivity contribution is 0.669. The highest BCUT2D eigenvalue weighted by molar-refractivity contribution is 7.27. The van der Waals surface area contributed by atoms with Crippen molar-refractivity contribution in [2.75, 3.05) is 4.90 Å². The van der Waals surface area contributed by atoms with Crippen molar-refractivity contribution in [2.45, 2.75) is 0 Å². The van der Waals surface area contributed by atoms with E-state index in [0.29, 0.717) is 0 Å². The topological polar surface area (TPSA) is 16.4 Å². The molecule has 0 unspecified atom stereocenters. The van der Waals surface area contributed by atoms with E-state index in [9.17, 15) is 0 Å². The zero-order valence-electron chi connectivity index (χ0n) is 19.9. The number of furan rings is 1. The summed E-state index contributed by atoms with van der Waals surface area (Å²) in [5.41, 5.74) is 5.37. The first kappa shape index (κ1) is 20.6. The van der Waals surface area contributed by atoms with Crippen LogP contribution in [-0.2, 0) is 0 Å². The molecule has 0 aliphatic rings. The van der Waals surface area contributed by atoms with E-state index in [1.807, 2.05) is 17.4 Å². The van der Waals surface area contributed by atoms with Crippen molar-refractivity contribution in [1.82, 2.24) is 0 Å². The lowest BCUT2D eigenvalue weighted by Gasteiger charge is -2.27.